The fourth-order valence-electron chi connectivity index (χ4n) is 2.89. The van der Waals surface area contributed by atoms with E-state index < -0.39 is 0 Å². The highest BCUT2D eigenvalue weighted by Crippen LogP contribution is 2.20. The third-order valence-electron chi connectivity index (χ3n) is 4.38. The second-order valence-corrected chi connectivity index (χ2v) is 6.16. The number of likely N-dealkylation sites (tertiary alicyclic amines) is 2. The van der Waals surface area contributed by atoms with Crippen LogP contribution in [-0.2, 0) is 14.4 Å². The molecule has 2 aliphatic rings. The Labute approximate surface area is 120 Å². The molecule has 5 heteroatoms. The number of piperidine rings is 1. The zero-order valence-corrected chi connectivity index (χ0v) is 12.4. The first-order chi connectivity index (χ1) is 9.49. The summed E-state index contributed by atoms with van der Waals surface area (Å²) < 4.78 is 0. The van der Waals surface area contributed by atoms with E-state index in [-0.39, 0.29) is 23.6 Å². The van der Waals surface area contributed by atoms with Crippen molar-refractivity contribution in [1.82, 2.24) is 9.80 Å². The Balaban J connectivity index is 1.72. The maximum Gasteiger partial charge on any atom is 0.232 e. The Morgan fingerprint density at radius 3 is 2.40 bits per heavy atom. The maximum atomic E-state index is 12.0. The summed E-state index contributed by atoms with van der Waals surface area (Å²) in [6.07, 6.45) is 3.48. The van der Waals surface area contributed by atoms with E-state index in [1.165, 1.54) is 4.90 Å². The number of nitrogens with zero attached hydrogens (tertiary/aromatic N) is 2. The molecule has 3 amide bonds. The van der Waals surface area contributed by atoms with Crippen molar-refractivity contribution in [2.75, 3.05) is 19.6 Å². The van der Waals surface area contributed by atoms with Gasteiger partial charge in [-0.3, -0.25) is 19.3 Å². The first-order valence-corrected chi connectivity index (χ1v) is 7.61. The number of imide groups is 1. The predicted molar refractivity (Wildman–Crippen MR) is 74.7 cm³/mol. The van der Waals surface area contributed by atoms with Gasteiger partial charge in [0.1, 0.15) is 0 Å². The summed E-state index contributed by atoms with van der Waals surface area (Å²) >= 11 is 0. The number of carbonyl (C=O) groups excluding carboxylic acids is 3. The normalized spacial score (nSPS) is 24.6. The molecular formula is C15H24N2O3. The molecular weight excluding hydrogens is 256 g/mol. The molecule has 0 aromatic rings. The van der Waals surface area contributed by atoms with Crippen molar-refractivity contribution >= 4 is 17.7 Å². The van der Waals surface area contributed by atoms with Crippen molar-refractivity contribution in [3.05, 3.63) is 0 Å². The summed E-state index contributed by atoms with van der Waals surface area (Å²) in [7, 11) is 0. The molecule has 0 radical (unpaired) electrons. The molecule has 2 fully saturated rings. The van der Waals surface area contributed by atoms with Crippen LogP contribution in [0.15, 0.2) is 0 Å². The van der Waals surface area contributed by atoms with Gasteiger partial charge in [-0.1, -0.05) is 13.8 Å². The summed E-state index contributed by atoms with van der Waals surface area (Å²) in [4.78, 5) is 38.6. The highest BCUT2D eigenvalue weighted by Gasteiger charge is 2.35. The monoisotopic (exact) mass is 280 g/mol. The Bertz CT molecular complexity index is 400. The smallest absolute Gasteiger partial charge is 0.232 e. The molecule has 1 unspecified atom stereocenters. The number of hydrogen-bond acceptors (Lipinski definition) is 3. The third kappa shape index (κ3) is 3.38. The van der Waals surface area contributed by atoms with Gasteiger partial charge >= 0.3 is 0 Å². The van der Waals surface area contributed by atoms with Gasteiger partial charge in [-0.25, -0.2) is 0 Å². The topological polar surface area (TPSA) is 57.7 Å². The van der Waals surface area contributed by atoms with E-state index in [1.807, 2.05) is 4.90 Å². The van der Waals surface area contributed by atoms with Crippen molar-refractivity contribution in [3.63, 3.8) is 0 Å². The lowest BCUT2D eigenvalue weighted by molar-refractivity contribution is -0.140. The molecule has 20 heavy (non-hydrogen) atoms. The van der Waals surface area contributed by atoms with Crippen molar-refractivity contribution in [1.29, 1.82) is 0 Å². The van der Waals surface area contributed by atoms with Crippen molar-refractivity contribution in [2.45, 2.75) is 46.0 Å². The van der Waals surface area contributed by atoms with Crippen LogP contribution in [0.25, 0.3) is 0 Å². The molecule has 0 spiro atoms. The van der Waals surface area contributed by atoms with Crippen LogP contribution in [0, 0.1) is 11.8 Å². The fraction of sp³-hybridized carbons (Fsp3) is 0.800. The summed E-state index contributed by atoms with van der Waals surface area (Å²) in [6, 6.07) is 0. The van der Waals surface area contributed by atoms with Gasteiger partial charge in [-0.05, 0) is 25.2 Å². The fourth-order valence-corrected chi connectivity index (χ4v) is 2.89. The van der Waals surface area contributed by atoms with Crippen molar-refractivity contribution < 1.29 is 14.4 Å². The van der Waals surface area contributed by atoms with E-state index in [1.54, 1.807) is 6.92 Å². The molecule has 0 bridgehead atoms. The zero-order chi connectivity index (χ0) is 14.7. The second-order valence-electron chi connectivity index (χ2n) is 6.16. The van der Waals surface area contributed by atoms with Crippen LogP contribution in [0.4, 0.5) is 0 Å². The minimum atomic E-state index is -0.193. The predicted octanol–water partition coefficient (Wildman–Crippen LogP) is 1.42. The SMILES string of the molecule is CC1CCN(C(=O)CCCN2C(=O)CC(C)C2=O)CC1. The number of hydrogen-bond donors (Lipinski definition) is 0. The Morgan fingerprint density at radius 2 is 1.85 bits per heavy atom. The molecule has 0 aromatic heterocycles. The van der Waals surface area contributed by atoms with E-state index in [9.17, 15) is 14.4 Å². The van der Waals surface area contributed by atoms with E-state index >= 15 is 0 Å². The Kier molecular flexibility index (Phi) is 4.78. The lowest BCUT2D eigenvalue weighted by atomic mass is 9.99. The highest BCUT2D eigenvalue weighted by atomic mass is 16.2. The Hall–Kier alpha value is -1.39. The molecule has 2 rings (SSSR count). The van der Waals surface area contributed by atoms with Crippen molar-refractivity contribution in [2.24, 2.45) is 11.8 Å². The summed E-state index contributed by atoms with van der Waals surface area (Å²) in [5, 5.41) is 0. The van der Waals surface area contributed by atoms with Gasteiger partial charge in [0.05, 0.1) is 0 Å². The average molecular weight is 280 g/mol. The molecule has 0 aliphatic carbocycles. The minimum absolute atomic E-state index is 0.0887. The lowest BCUT2D eigenvalue weighted by Gasteiger charge is -2.30. The first-order valence-electron chi connectivity index (χ1n) is 7.61. The van der Waals surface area contributed by atoms with Crippen molar-refractivity contribution in [3.8, 4) is 0 Å². The molecule has 1 atom stereocenters. The number of amides is 3. The largest absolute Gasteiger partial charge is 0.343 e. The van der Waals surface area contributed by atoms with Crippen LogP contribution >= 0.6 is 0 Å². The minimum Gasteiger partial charge on any atom is -0.343 e. The maximum absolute atomic E-state index is 12.0. The molecule has 0 saturated carbocycles. The van der Waals surface area contributed by atoms with E-state index in [2.05, 4.69) is 6.92 Å². The van der Waals surface area contributed by atoms with Gasteiger partial charge < -0.3 is 4.90 Å². The molecule has 2 aliphatic heterocycles. The molecule has 2 saturated heterocycles. The standard InChI is InChI=1S/C15H24N2O3/c1-11-5-8-16(9-6-11)13(18)4-3-7-17-14(19)10-12(2)15(17)20/h11-12H,3-10H2,1-2H3. The van der Waals surface area contributed by atoms with E-state index in [4.69, 9.17) is 0 Å². The van der Waals surface area contributed by atoms with Crippen LogP contribution in [-0.4, -0.2) is 47.2 Å². The summed E-state index contributed by atoms with van der Waals surface area (Å²) in [5.74, 6) is 0.488. The zero-order valence-electron chi connectivity index (χ0n) is 12.4. The van der Waals surface area contributed by atoms with Crippen LogP contribution in [0.2, 0.25) is 0 Å². The van der Waals surface area contributed by atoms with Crippen LogP contribution < -0.4 is 0 Å². The van der Waals surface area contributed by atoms with E-state index in [0.717, 1.165) is 25.9 Å². The highest BCUT2D eigenvalue weighted by molar-refractivity contribution is 6.03. The molecule has 0 N–H and O–H groups in total. The first kappa shape index (κ1) is 15.0. The quantitative estimate of drug-likeness (QED) is 0.732. The average Bonchev–Trinajstić information content (AvgIpc) is 2.65. The van der Waals surface area contributed by atoms with Gasteiger partial charge in [-0.15, -0.1) is 0 Å². The van der Waals surface area contributed by atoms with Gasteiger partial charge in [-0.2, -0.15) is 0 Å². The molecule has 0 aromatic carbocycles. The van der Waals surface area contributed by atoms with Gasteiger partial charge in [0, 0.05) is 38.4 Å². The second kappa shape index (κ2) is 6.37. The molecule has 2 heterocycles. The van der Waals surface area contributed by atoms with Gasteiger partial charge in [0.2, 0.25) is 17.7 Å². The van der Waals surface area contributed by atoms with Crippen LogP contribution in [0.5, 0.6) is 0 Å². The molecule has 5 nitrogen and oxygen atoms in total. The molecule has 112 valence electrons. The van der Waals surface area contributed by atoms with Gasteiger partial charge in [0.15, 0.2) is 0 Å². The van der Waals surface area contributed by atoms with E-state index in [0.29, 0.717) is 31.7 Å². The van der Waals surface area contributed by atoms with Crippen LogP contribution in [0.3, 0.4) is 0 Å². The van der Waals surface area contributed by atoms with Gasteiger partial charge in [0.25, 0.3) is 0 Å². The summed E-state index contributed by atoms with van der Waals surface area (Å²) in [5.41, 5.74) is 0. The Morgan fingerprint density at radius 1 is 1.20 bits per heavy atom. The lowest BCUT2D eigenvalue weighted by Crippen LogP contribution is -2.38. The third-order valence-corrected chi connectivity index (χ3v) is 4.38. The summed E-state index contributed by atoms with van der Waals surface area (Å²) in [6.45, 7) is 6.07. The van der Waals surface area contributed by atoms with Crippen LogP contribution in [0.1, 0.15) is 46.0 Å². The number of carbonyl (C=O) groups is 3. The number of rotatable bonds is 4.